The Bertz CT molecular complexity index is 2480. The highest BCUT2D eigenvalue weighted by atomic mass is 16.3. The predicted molar refractivity (Wildman–Crippen MR) is 198 cm³/mol. The van der Waals surface area contributed by atoms with E-state index in [2.05, 4.69) is 123 Å². The summed E-state index contributed by atoms with van der Waals surface area (Å²) in [4.78, 5) is 5.28. The zero-order valence-electron chi connectivity index (χ0n) is 27.5. The molecule has 0 saturated carbocycles. The Labute approximate surface area is 280 Å². The Morgan fingerprint density at radius 3 is 1.94 bits per heavy atom. The summed E-state index contributed by atoms with van der Waals surface area (Å²) in [6, 6.07) is 46.7. The summed E-state index contributed by atoms with van der Waals surface area (Å²) >= 11 is 0. The highest BCUT2D eigenvalue weighted by molar-refractivity contribution is 6.12. The number of para-hydroxylation sites is 3. The van der Waals surface area contributed by atoms with Gasteiger partial charge in [0, 0.05) is 10.8 Å². The summed E-state index contributed by atoms with van der Waals surface area (Å²) in [5.74, 6) is 1.28. The fraction of sp³-hybridized carbons (Fsp3) is 0.136. The van der Waals surface area contributed by atoms with Gasteiger partial charge in [-0.3, -0.25) is 4.57 Å². The lowest BCUT2D eigenvalue weighted by atomic mass is 9.87. The molecule has 8 rings (SSSR count). The maximum atomic E-state index is 10.1. The van der Waals surface area contributed by atoms with Crippen LogP contribution in [0.15, 0.2) is 132 Å². The second-order valence-corrected chi connectivity index (χ2v) is 13.1. The first kappa shape index (κ1) is 29.5. The van der Waals surface area contributed by atoms with Crippen LogP contribution in [0.1, 0.15) is 56.2 Å². The first-order chi connectivity index (χ1) is 23.4. The molecule has 0 N–H and O–H groups in total. The van der Waals surface area contributed by atoms with E-state index in [0.29, 0.717) is 11.1 Å². The summed E-state index contributed by atoms with van der Waals surface area (Å²) in [5.41, 5.74) is 13.3. The zero-order chi connectivity index (χ0) is 32.9. The Balaban J connectivity index is 1.39. The monoisotopic (exact) mass is 621 g/mol. The van der Waals surface area contributed by atoms with Gasteiger partial charge in [0.25, 0.3) is 0 Å². The van der Waals surface area contributed by atoms with Crippen molar-refractivity contribution in [3.8, 4) is 45.4 Å². The van der Waals surface area contributed by atoms with E-state index >= 15 is 0 Å². The molecule has 0 amide bonds. The number of hydrogen-bond acceptors (Lipinski definition) is 3. The Kier molecular flexibility index (Phi) is 7.19. The number of rotatable bonds is 6. The van der Waals surface area contributed by atoms with Gasteiger partial charge in [-0.05, 0) is 87.7 Å². The molecule has 8 aromatic rings. The molecule has 0 spiro atoms. The highest BCUT2D eigenvalue weighted by Gasteiger charge is 2.26. The van der Waals surface area contributed by atoms with Crippen LogP contribution in [0.25, 0.3) is 72.3 Å². The van der Waals surface area contributed by atoms with Crippen molar-refractivity contribution in [3.05, 3.63) is 144 Å². The Hall–Kier alpha value is -5.92. The minimum atomic E-state index is 0.238. The molecule has 2 aromatic heterocycles. The van der Waals surface area contributed by atoms with Crippen molar-refractivity contribution in [3.63, 3.8) is 0 Å². The van der Waals surface area contributed by atoms with Gasteiger partial charge in [-0.1, -0.05) is 113 Å². The first-order valence-corrected chi connectivity index (χ1v) is 16.6. The van der Waals surface area contributed by atoms with Crippen LogP contribution in [-0.4, -0.2) is 9.55 Å². The summed E-state index contributed by atoms with van der Waals surface area (Å²) < 4.78 is 8.87. The average Bonchev–Trinajstić information content (AvgIpc) is 3.70. The molecule has 4 heteroatoms. The third-order valence-corrected chi connectivity index (χ3v) is 9.41. The maximum absolute atomic E-state index is 10.1. The molecule has 232 valence electrons. The van der Waals surface area contributed by atoms with Crippen LogP contribution >= 0.6 is 0 Å². The number of imidazole rings is 1. The fourth-order valence-electron chi connectivity index (χ4n) is 7.00. The molecule has 0 atom stereocenters. The Morgan fingerprint density at radius 1 is 0.646 bits per heavy atom. The number of hydrogen-bond donors (Lipinski definition) is 0. The zero-order valence-corrected chi connectivity index (χ0v) is 27.5. The van der Waals surface area contributed by atoms with E-state index in [4.69, 9.17) is 9.40 Å². The number of aromatic nitrogens is 2. The van der Waals surface area contributed by atoms with Gasteiger partial charge >= 0.3 is 0 Å². The van der Waals surface area contributed by atoms with Gasteiger partial charge in [0.05, 0.1) is 33.9 Å². The third kappa shape index (κ3) is 4.79. The molecular weight excluding hydrogens is 587 g/mol. The summed E-state index contributed by atoms with van der Waals surface area (Å²) in [5, 5.41) is 11.9. The summed E-state index contributed by atoms with van der Waals surface area (Å²) in [6.07, 6.45) is 0. The number of benzene rings is 6. The van der Waals surface area contributed by atoms with E-state index in [-0.39, 0.29) is 11.8 Å². The minimum absolute atomic E-state index is 0.238. The van der Waals surface area contributed by atoms with Crippen LogP contribution in [0.3, 0.4) is 0 Å². The molecule has 6 aromatic carbocycles. The Morgan fingerprint density at radius 2 is 1.25 bits per heavy atom. The number of nitrogens with zero attached hydrogens (tertiary/aromatic N) is 3. The van der Waals surface area contributed by atoms with Crippen molar-refractivity contribution in [2.24, 2.45) is 0 Å². The van der Waals surface area contributed by atoms with Crippen LogP contribution in [0.4, 0.5) is 0 Å². The van der Waals surface area contributed by atoms with Crippen molar-refractivity contribution in [2.45, 2.75) is 39.5 Å². The third-order valence-electron chi connectivity index (χ3n) is 9.41. The van der Waals surface area contributed by atoms with Crippen molar-refractivity contribution < 1.29 is 4.42 Å². The molecule has 0 radical (unpaired) electrons. The lowest BCUT2D eigenvalue weighted by Crippen LogP contribution is -2.09. The van der Waals surface area contributed by atoms with E-state index in [1.807, 2.05) is 42.5 Å². The fourth-order valence-corrected chi connectivity index (χ4v) is 7.00. The minimum Gasteiger partial charge on any atom is -0.455 e. The lowest BCUT2D eigenvalue weighted by Gasteiger charge is -2.24. The van der Waals surface area contributed by atoms with Crippen molar-refractivity contribution in [1.29, 1.82) is 5.26 Å². The molecule has 0 aliphatic carbocycles. The van der Waals surface area contributed by atoms with Crippen LogP contribution < -0.4 is 0 Å². The summed E-state index contributed by atoms with van der Waals surface area (Å²) in [6.45, 7) is 9.07. The molecule has 0 bridgehead atoms. The predicted octanol–water partition coefficient (Wildman–Crippen LogP) is 12.0. The molecular formula is C44H35N3O. The van der Waals surface area contributed by atoms with Crippen molar-refractivity contribution in [2.75, 3.05) is 0 Å². The maximum Gasteiger partial charge on any atom is 0.149 e. The molecule has 0 unspecified atom stereocenters. The SMILES string of the molecule is CC(C)c1cc(-c2ccc(-c3ccccc3)cc2)cc(C(C)C)c1-n1c(-c2ccc(C#N)c3c2oc2ccccc23)nc2ccccc21. The second-order valence-electron chi connectivity index (χ2n) is 13.1. The molecule has 0 saturated heterocycles. The second kappa shape index (κ2) is 11.7. The molecule has 48 heavy (non-hydrogen) atoms. The van der Waals surface area contributed by atoms with Gasteiger partial charge in [-0.25, -0.2) is 4.98 Å². The van der Waals surface area contributed by atoms with E-state index in [1.165, 1.54) is 33.4 Å². The largest absolute Gasteiger partial charge is 0.455 e. The summed E-state index contributed by atoms with van der Waals surface area (Å²) in [7, 11) is 0. The van der Waals surface area contributed by atoms with Gasteiger partial charge in [-0.15, -0.1) is 0 Å². The quantitative estimate of drug-likeness (QED) is 0.186. The molecule has 0 fully saturated rings. The number of nitriles is 1. The first-order valence-electron chi connectivity index (χ1n) is 16.6. The van der Waals surface area contributed by atoms with E-state index < -0.39 is 0 Å². The standard InChI is InChI=1S/C44H35N3O/c1-27(2)36-24-33(31-20-18-30(19-21-31)29-12-6-5-7-13-29)25-37(28(3)4)42(36)47-39-16-10-9-15-38(39)46-44(47)35-23-22-32(26-45)41-34-14-8-11-17-40(34)48-43(35)41/h5-25,27-28H,1-4H3. The smallest absolute Gasteiger partial charge is 0.149 e. The number of fused-ring (bicyclic) bond motifs is 4. The topological polar surface area (TPSA) is 54.8 Å². The van der Waals surface area contributed by atoms with Gasteiger partial charge in [0.15, 0.2) is 0 Å². The van der Waals surface area contributed by atoms with Crippen LogP contribution in [0.5, 0.6) is 0 Å². The lowest BCUT2D eigenvalue weighted by molar-refractivity contribution is 0.669. The van der Waals surface area contributed by atoms with Crippen LogP contribution in [-0.2, 0) is 0 Å². The van der Waals surface area contributed by atoms with Gasteiger partial charge in [0.1, 0.15) is 17.0 Å². The molecule has 4 nitrogen and oxygen atoms in total. The van der Waals surface area contributed by atoms with E-state index in [9.17, 15) is 5.26 Å². The van der Waals surface area contributed by atoms with Gasteiger partial charge < -0.3 is 4.42 Å². The molecule has 0 aliphatic heterocycles. The van der Waals surface area contributed by atoms with Gasteiger partial charge in [0.2, 0.25) is 0 Å². The average molecular weight is 622 g/mol. The van der Waals surface area contributed by atoms with Crippen molar-refractivity contribution >= 4 is 33.0 Å². The van der Waals surface area contributed by atoms with Crippen molar-refractivity contribution in [1.82, 2.24) is 9.55 Å². The van der Waals surface area contributed by atoms with Gasteiger partial charge in [-0.2, -0.15) is 5.26 Å². The normalized spacial score (nSPS) is 11.7. The molecule has 0 aliphatic rings. The van der Waals surface area contributed by atoms with Crippen LogP contribution in [0.2, 0.25) is 0 Å². The molecule has 2 heterocycles. The van der Waals surface area contributed by atoms with E-state index in [1.54, 1.807) is 0 Å². The number of furan rings is 1. The van der Waals surface area contributed by atoms with E-state index in [0.717, 1.165) is 44.5 Å². The van der Waals surface area contributed by atoms with Crippen LogP contribution in [0, 0.1) is 11.3 Å². The highest BCUT2D eigenvalue weighted by Crippen LogP contribution is 2.43.